The number of halogens is 1. The fraction of sp³-hybridized carbons (Fsp3) is 0.200. The number of nitrogens with one attached hydrogen (secondary N) is 2. The van der Waals surface area contributed by atoms with Crippen LogP contribution in [0.1, 0.15) is 22.8 Å². The fourth-order valence-corrected chi connectivity index (χ4v) is 3.31. The average Bonchev–Trinajstić information content (AvgIpc) is 2.62. The number of aromatic amines is 1. The Hall–Kier alpha value is -2.44. The van der Waals surface area contributed by atoms with Gasteiger partial charge in [-0.15, -0.1) is 0 Å². The van der Waals surface area contributed by atoms with E-state index in [4.69, 9.17) is 0 Å². The molecule has 6 heteroatoms. The Kier molecular flexibility index (Phi) is 5.54. The molecule has 0 unspecified atom stereocenters. The van der Waals surface area contributed by atoms with E-state index in [1.54, 1.807) is 25.1 Å². The summed E-state index contributed by atoms with van der Waals surface area (Å²) in [6.45, 7) is 1.75. The lowest BCUT2D eigenvalue weighted by atomic mass is 10.0. The molecule has 26 heavy (non-hydrogen) atoms. The highest BCUT2D eigenvalue weighted by atomic mass is 79.9. The number of aromatic nitrogens is 1. The topological polar surface area (TPSA) is 82.2 Å². The molecule has 1 aromatic heterocycles. The molecule has 0 saturated heterocycles. The second-order valence-electron chi connectivity index (χ2n) is 6.23. The molecule has 0 radical (unpaired) electrons. The third-order valence-electron chi connectivity index (χ3n) is 4.30. The zero-order chi connectivity index (χ0) is 18.7. The Morgan fingerprint density at radius 1 is 1.19 bits per heavy atom. The van der Waals surface area contributed by atoms with Crippen molar-refractivity contribution in [2.45, 2.75) is 25.5 Å². The molecular formula is C20H19BrN2O3. The van der Waals surface area contributed by atoms with Gasteiger partial charge in [-0.2, -0.15) is 0 Å². The molecule has 134 valence electrons. The van der Waals surface area contributed by atoms with Crippen LogP contribution in [-0.2, 0) is 6.42 Å². The monoisotopic (exact) mass is 414 g/mol. The van der Waals surface area contributed by atoms with Crippen molar-refractivity contribution in [3.8, 4) is 0 Å². The minimum Gasteiger partial charge on any atom is -0.391 e. The highest BCUT2D eigenvalue weighted by Crippen LogP contribution is 2.23. The standard InChI is InChI=1S/C20H19BrN2O3/c1-12(17(24)10-13-6-3-2-4-7-13)22-20(26)15-11-18(25)23-19-14(15)8-5-9-16(19)21/h2-9,11-12,17,24H,10H2,1H3,(H,22,26)(H,23,25)/t12-,17-/m1/s1. The maximum Gasteiger partial charge on any atom is 0.252 e. The van der Waals surface area contributed by atoms with E-state index in [0.29, 0.717) is 21.8 Å². The van der Waals surface area contributed by atoms with E-state index in [-0.39, 0.29) is 17.0 Å². The van der Waals surface area contributed by atoms with Gasteiger partial charge in [0.25, 0.3) is 5.91 Å². The lowest BCUT2D eigenvalue weighted by Gasteiger charge is -2.21. The Morgan fingerprint density at radius 2 is 1.92 bits per heavy atom. The molecule has 0 aliphatic rings. The van der Waals surface area contributed by atoms with Gasteiger partial charge >= 0.3 is 0 Å². The number of fused-ring (bicyclic) bond motifs is 1. The number of H-pyrrole nitrogens is 1. The number of para-hydroxylation sites is 1. The first-order valence-electron chi connectivity index (χ1n) is 8.30. The van der Waals surface area contributed by atoms with E-state index >= 15 is 0 Å². The maximum absolute atomic E-state index is 12.7. The van der Waals surface area contributed by atoms with E-state index in [1.807, 2.05) is 30.3 Å². The van der Waals surface area contributed by atoms with Gasteiger partial charge in [0.1, 0.15) is 0 Å². The van der Waals surface area contributed by atoms with Crippen molar-refractivity contribution in [3.63, 3.8) is 0 Å². The van der Waals surface area contributed by atoms with Crippen LogP contribution in [-0.4, -0.2) is 28.1 Å². The number of aliphatic hydroxyl groups is 1. The van der Waals surface area contributed by atoms with Crippen molar-refractivity contribution in [2.24, 2.45) is 0 Å². The second kappa shape index (κ2) is 7.85. The second-order valence-corrected chi connectivity index (χ2v) is 7.08. The van der Waals surface area contributed by atoms with Crippen molar-refractivity contribution >= 4 is 32.7 Å². The van der Waals surface area contributed by atoms with E-state index in [9.17, 15) is 14.7 Å². The van der Waals surface area contributed by atoms with Crippen LogP contribution in [0.4, 0.5) is 0 Å². The summed E-state index contributed by atoms with van der Waals surface area (Å²) < 4.78 is 0.707. The molecule has 0 aliphatic carbocycles. The number of carbonyl (C=O) groups is 1. The minimum absolute atomic E-state index is 0.281. The number of benzene rings is 2. The summed E-state index contributed by atoms with van der Waals surface area (Å²) in [5, 5.41) is 13.8. The number of hydrogen-bond donors (Lipinski definition) is 3. The van der Waals surface area contributed by atoms with Gasteiger partial charge in [0, 0.05) is 22.3 Å². The summed E-state index contributed by atoms with van der Waals surface area (Å²) in [7, 11) is 0. The van der Waals surface area contributed by atoms with E-state index < -0.39 is 12.1 Å². The molecular weight excluding hydrogens is 396 g/mol. The first kappa shape index (κ1) is 18.4. The Balaban J connectivity index is 1.80. The first-order chi connectivity index (χ1) is 12.5. The third kappa shape index (κ3) is 4.03. The first-order valence-corrected chi connectivity index (χ1v) is 9.09. The zero-order valence-electron chi connectivity index (χ0n) is 14.2. The summed E-state index contributed by atoms with van der Waals surface area (Å²) in [5.41, 5.74) is 1.49. The molecule has 0 fully saturated rings. The number of aliphatic hydroxyl groups excluding tert-OH is 1. The molecule has 3 rings (SSSR count). The van der Waals surface area contributed by atoms with Crippen LogP contribution in [0.2, 0.25) is 0 Å². The molecule has 0 spiro atoms. The lowest BCUT2D eigenvalue weighted by Crippen LogP contribution is -2.42. The molecule has 5 nitrogen and oxygen atoms in total. The predicted octanol–water partition coefficient (Wildman–Crippen LogP) is 3.01. The van der Waals surface area contributed by atoms with Gasteiger partial charge in [-0.3, -0.25) is 9.59 Å². The molecule has 1 heterocycles. The van der Waals surface area contributed by atoms with Crippen LogP contribution in [0.5, 0.6) is 0 Å². The van der Waals surface area contributed by atoms with Gasteiger partial charge < -0.3 is 15.4 Å². The predicted molar refractivity (Wildman–Crippen MR) is 105 cm³/mol. The summed E-state index contributed by atoms with van der Waals surface area (Å²) in [6.07, 6.45) is -0.300. The van der Waals surface area contributed by atoms with Crippen LogP contribution in [0.25, 0.3) is 10.9 Å². The summed E-state index contributed by atoms with van der Waals surface area (Å²) in [6, 6.07) is 15.8. The number of carbonyl (C=O) groups excluding carboxylic acids is 1. The zero-order valence-corrected chi connectivity index (χ0v) is 15.8. The van der Waals surface area contributed by atoms with Crippen LogP contribution in [0.3, 0.4) is 0 Å². The smallest absolute Gasteiger partial charge is 0.252 e. The average molecular weight is 415 g/mol. The lowest BCUT2D eigenvalue weighted by molar-refractivity contribution is 0.0853. The maximum atomic E-state index is 12.7. The molecule has 2 aromatic carbocycles. The van der Waals surface area contributed by atoms with E-state index in [1.165, 1.54) is 6.07 Å². The van der Waals surface area contributed by atoms with Crippen LogP contribution < -0.4 is 10.9 Å². The van der Waals surface area contributed by atoms with Gasteiger partial charge in [-0.25, -0.2) is 0 Å². The normalized spacial score (nSPS) is 13.3. The van der Waals surface area contributed by atoms with Crippen molar-refractivity contribution in [1.82, 2.24) is 10.3 Å². The highest BCUT2D eigenvalue weighted by Gasteiger charge is 2.20. The largest absolute Gasteiger partial charge is 0.391 e. The van der Waals surface area contributed by atoms with E-state index in [2.05, 4.69) is 26.2 Å². The molecule has 0 aliphatic heterocycles. The van der Waals surface area contributed by atoms with Crippen molar-refractivity contribution in [1.29, 1.82) is 0 Å². The van der Waals surface area contributed by atoms with Crippen molar-refractivity contribution < 1.29 is 9.90 Å². The molecule has 0 saturated carbocycles. The highest BCUT2D eigenvalue weighted by molar-refractivity contribution is 9.10. The number of hydrogen-bond acceptors (Lipinski definition) is 3. The summed E-state index contributed by atoms with van der Waals surface area (Å²) in [4.78, 5) is 27.3. The molecule has 2 atom stereocenters. The quantitative estimate of drug-likeness (QED) is 0.599. The fourth-order valence-electron chi connectivity index (χ4n) is 2.84. The Labute approximate surface area is 159 Å². The third-order valence-corrected chi connectivity index (χ3v) is 4.96. The number of rotatable bonds is 5. The van der Waals surface area contributed by atoms with Gasteiger partial charge in [0.2, 0.25) is 5.56 Å². The van der Waals surface area contributed by atoms with Gasteiger partial charge in [0.15, 0.2) is 0 Å². The van der Waals surface area contributed by atoms with Crippen LogP contribution in [0.15, 0.2) is 63.9 Å². The summed E-state index contributed by atoms with van der Waals surface area (Å²) >= 11 is 3.38. The van der Waals surface area contributed by atoms with Crippen molar-refractivity contribution in [2.75, 3.05) is 0 Å². The minimum atomic E-state index is -0.735. The molecule has 1 amide bonds. The molecule has 3 aromatic rings. The van der Waals surface area contributed by atoms with Gasteiger partial charge in [-0.1, -0.05) is 42.5 Å². The Bertz CT molecular complexity index is 985. The van der Waals surface area contributed by atoms with E-state index in [0.717, 1.165) is 5.56 Å². The SMILES string of the molecule is C[C@@H](NC(=O)c1cc(=O)[nH]c2c(Br)cccc12)[C@H](O)Cc1ccccc1. The number of pyridine rings is 1. The number of amides is 1. The van der Waals surface area contributed by atoms with Crippen molar-refractivity contribution in [3.05, 3.63) is 80.6 Å². The summed E-state index contributed by atoms with van der Waals surface area (Å²) in [5.74, 6) is -0.390. The van der Waals surface area contributed by atoms with Gasteiger partial charge in [-0.05, 0) is 34.5 Å². The van der Waals surface area contributed by atoms with Crippen LogP contribution >= 0.6 is 15.9 Å². The van der Waals surface area contributed by atoms with Gasteiger partial charge in [0.05, 0.1) is 23.2 Å². The Morgan fingerprint density at radius 3 is 2.65 bits per heavy atom. The molecule has 0 bridgehead atoms. The molecule has 3 N–H and O–H groups in total. The van der Waals surface area contributed by atoms with Crippen LogP contribution in [0, 0.1) is 0 Å².